The van der Waals surface area contributed by atoms with Gasteiger partial charge in [0.1, 0.15) is 10.6 Å². The number of hydrazine groups is 1. The second-order valence-corrected chi connectivity index (χ2v) is 8.11. The number of hydrogen-bond acceptors (Lipinski definition) is 6. The first-order chi connectivity index (χ1) is 14.3. The van der Waals surface area contributed by atoms with E-state index in [1.54, 1.807) is 18.2 Å². The molecule has 0 spiro atoms. The van der Waals surface area contributed by atoms with E-state index in [0.29, 0.717) is 18.8 Å². The van der Waals surface area contributed by atoms with Gasteiger partial charge in [-0.3, -0.25) is 25.2 Å². The molecule has 0 radical (unpaired) electrons. The predicted octanol–water partition coefficient (Wildman–Crippen LogP) is 2.34. The number of sulfonamides is 1. The third kappa shape index (κ3) is 6.34. The molecule has 3 N–H and O–H groups in total. The average molecular weight is 456 g/mol. The Hall–Kier alpha value is -2.82. The van der Waals surface area contributed by atoms with Crippen molar-refractivity contribution in [1.29, 1.82) is 0 Å². The standard InChI is InChI=1S/C19H22ClN3O6S/c1-28-11-5-8-18(24)21-22-19(25)13-9-10-14(20)17(12-13)30(26,27)23-15-6-3-4-7-16(15)29-2/h3-4,6-7,9-10,12,23H,5,8,11H2,1-2H3,(H,21,24)(H,22,25). The predicted molar refractivity (Wildman–Crippen MR) is 112 cm³/mol. The molecule has 0 fully saturated rings. The normalized spacial score (nSPS) is 10.9. The van der Waals surface area contributed by atoms with Gasteiger partial charge in [-0.15, -0.1) is 0 Å². The fourth-order valence-corrected chi connectivity index (χ4v) is 4.01. The lowest BCUT2D eigenvalue weighted by Crippen LogP contribution is -2.41. The van der Waals surface area contributed by atoms with Crippen molar-refractivity contribution in [2.24, 2.45) is 0 Å². The minimum Gasteiger partial charge on any atom is -0.495 e. The Morgan fingerprint density at radius 3 is 2.50 bits per heavy atom. The third-order valence-electron chi connectivity index (χ3n) is 3.90. The SMILES string of the molecule is COCCCC(=O)NNC(=O)c1ccc(Cl)c(S(=O)(=O)Nc2ccccc2OC)c1. The van der Waals surface area contributed by atoms with Gasteiger partial charge in [-0.2, -0.15) is 0 Å². The van der Waals surface area contributed by atoms with Crippen molar-refractivity contribution in [2.75, 3.05) is 25.5 Å². The van der Waals surface area contributed by atoms with Crippen LogP contribution in [0.4, 0.5) is 5.69 Å². The largest absolute Gasteiger partial charge is 0.495 e. The van der Waals surface area contributed by atoms with Crippen LogP contribution in [0.5, 0.6) is 5.75 Å². The van der Waals surface area contributed by atoms with E-state index in [1.807, 2.05) is 0 Å². The first kappa shape index (κ1) is 23.5. The number of amides is 2. The van der Waals surface area contributed by atoms with Gasteiger partial charge in [-0.1, -0.05) is 23.7 Å². The van der Waals surface area contributed by atoms with Crippen LogP contribution in [0.1, 0.15) is 23.2 Å². The number of benzene rings is 2. The van der Waals surface area contributed by atoms with E-state index in [4.69, 9.17) is 21.1 Å². The average Bonchev–Trinajstić information content (AvgIpc) is 2.72. The van der Waals surface area contributed by atoms with Crippen LogP contribution in [0.15, 0.2) is 47.4 Å². The number of carbonyl (C=O) groups excluding carboxylic acids is 2. The summed E-state index contributed by atoms with van der Waals surface area (Å²) in [6.45, 7) is 0.416. The summed E-state index contributed by atoms with van der Waals surface area (Å²) in [6.07, 6.45) is 0.660. The molecule has 0 saturated heterocycles. The molecule has 2 amide bonds. The van der Waals surface area contributed by atoms with E-state index in [1.165, 1.54) is 32.4 Å². The van der Waals surface area contributed by atoms with E-state index in [9.17, 15) is 18.0 Å². The molecule has 0 aliphatic carbocycles. The molecular formula is C19H22ClN3O6S. The van der Waals surface area contributed by atoms with Crippen LogP contribution in [-0.2, 0) is 19.6 Å². The zero-order chi connectivity index (χ0) is 22.1. The monoisotopic (exact) mass is 455 g/mol. The lowest BCUT2D eigenvalue weighted by Gasteiger charge is -2.13. The molecule has 162 valence electrons. The van der Waals surface area contributed by atoms with Gasteiger partial charge < -0.3 is 9.47 Å². The first-order valence-electron chi connectivity index (χ1n) is 8.82. The summed E-state index contributed by atoms with van der Waals surface area (Å²) in [5, 5.41) is -0.0717. The number of hydrogen-bond donors (Lipinski definition) is 3. The molecule has 0 unspecified atom stereocenters. The van der Waals surface area contributed by atoms with Crippen LogP contribution >= 0.6 is 11.6 Å². The Morgan fingerprint density at radius 2 is 1.80 bits per heavy atom. The van der Waals surface area contributed by atoms with Crippen LogP contribution in [0.2, 0.25) is 5.02 Å². The second-order valence-electron chi connectivity index (χ2n) is 6.05. The fourth-order valence-electron chi connectivity index (χ4n) is 2.42. The maximum atomic E-state index is 12.8. The second kappa shape index (κ2) is 10.8. The Balaban J connectivity index is 2.15. The smallest absolute Gasteiger partial charge is 0.269 e. The van der Waals surface area contributed by atoms with Gasteiger partial charge in [-0.05, 0) is 36.8 Å². The third-order valence-corrected chi connectivity index (χ3v) is 5.75. The summed E-state index contributed by atoms with van der Waals surface area (Å²) in [5.74, 6) is -0.775. The van der Waals surface area contributed by atoms with E-state index in [2.05, 4.69) is 15.6 Å². The Labute approximate surface area is 179 Å². The number of carbonyl (C=O) groups is 2. The highest BCUT2D eigenvalue weighted by Gasteiger charge is 2.22. The maximum Gasteiger partial charge on any atom is 0.269 e. The van der Waals surface area contributed by atoms with E-state index < -0.39 is 21.8 Å². The topological polar surface area (TPSA) is 123 Å². The number of methoxy groups -OCH3 is 2. The van der Waals surface area contributed by atoms with Crippen LogP contribution in [-0.4, -0.2) is 41.1 Å². The van der Waals surface area contributed by atoms with Gasteiger partial charge in [0.05, 0.1) is 17.8 Å². The zero-order valence-electron chi connectivity index (χ0n) is 16.4. The van der Waals surface area contributed by atoms with Crippen LogP contribution < -0.4 is 20.3 Å². The fraction of sp³-hybridized carbons (Fsp3) is 0.263. The molecule has 9 nitrogen and oxygen atoms in total. The van der Waals surface area contributed by atoms with Crippen molar-refractivity contribution in [3.05, 3.63) is 53.1 Å². The lowest BCUT2D eigenvalue weighted by molar-refractivity contribution is -0.122. The summed E-state index contributed by atoms with van der Waals surface area (Å²) < 4.78 is 38.0. The van der Waals surface area contributed by atoms with Crippen molar-refractivity contribution in [1.82, 2.24) is 10.9 Å². The van der Waals surface area contributed by atoms with Crippen molar-refractivity contribution < 1.29 is 27.5 Å². The molecule has 11 heteroatoms. The molecule has 0 atom stereocenters. The molecule has 30 heavy (non-hydrogen) atoms. The molecule has 0 aromatic heterocycles. The van der Waals surface area contributed by atoms with E-state index in [0.717, 1.165) is 6.07 Å². The number of ether oxygens (including phenoxy) is 2. The summed E-state index contributed by atoms with van der Waals surface area (Å²) in [4.78, 5) is 23.7. The van der Waals surface area contributed by atoms with Crippen LogP contribution in [0, 0.1) is 0 Å². The van der Waals surface area contributed by atoms with Gasteiger partial charge in [0.2, 0.25) is 5.91 Å². The molecule has 2 aromatic carbocycles. The molecule has 0 aliphatic rings. The quantitative estimate of drug-likeness (QED) is 0.394. The summed E-state index contributed by atoms with van der Waals surface area (Å²) >= 11 is 6.06. The molecule has 2 aromatic rings. The molecule has 0 heterocycles. The summed E-state index contributed by atoms with van der Waals surface area (Å²) in [6, 6.07) is 10.2. The highest BCUT2D eigenvalue weighted by atomic mass is 35.5. The van der Waals surface area contributed by atoms with Crippen molar-refractivity contribution in [2.45, 2.75) is 17.7 Å². The Kier molecular flexibility index (Phi) is 8.46. The van der Waals surface area contributed by atoms with E-state index >= 15 is 0 Å². The number of nitrogens with one attached hydrogen (secondary N) is 3. The van der Waals surface area contributed by atoms with Gasteiger partial charge in [0.15, 0.2) is 0 Å². The first-order valence-corrected chi connectivity index (χ1v) is 10.7. The Bertz CT molecular complexity index is 1010. The van der Waals surface area contributed by atoms with Gasteiger partial charge >= 0.3 is 0 Å². The molecule has 0 saturated carbocycles. The number of halogens is 1. The zero-order valence-corrected chi connectivity index (χ0v) is 18.0. The van der Waals surface area contributed by atoms with E-state index in [-0.39, 0.29) is 27.6 Å². The number of para-hydroxylation sites is 2. The highest BCUT2D eigenvalue weighted by Crippen LogP contribution is 2.29. The van der Waals surface area contributed by atoms with Crippen molar-refractivity contribution in [3.63, 3.8) is 0 Å². The molecule has 0 aliphatic heterocycles. The van der Waals surface area contributed by atoms with Gasteiger partial charge in [-0.25, -0.2) is 8.42 Å². The van der Waals surface area contributed by atoms with Crippen LogP contribution in [0.3, 0.4) is 0 Å². The maximum absolute atomic E-state index is 12.8. The van der Waals surface area contributed by atoms with Crippen LogP contribution in [0.25, 0.3) is 0 Å². The summed E-state index contributed by atoms with van der Waals surface area (Å²) in [5.41, 5.74) is 4.71. The molecule has 0 bridgehead atoms. The molecular weight excluding hydrogens is 434 g/mol. The highest BCUT2D eigenvalue weighted by molar-refractivity contribution is 7.92. The number of anilines is 1. The Morgan fingerprint density at radius 1 is 1.07 bits per heavy atom. The van der Waals surface area contributed by atoms with Gasteiger partial charge in [0.25, 0.3) is 15.9 Å². The van der Waals surface area contributed by atoms with Gasteiger partial charge in [0, 0.05) is 25.7 Å². The van der Waals surface area contributed by atoms with Crippen molar-refractivity contribution >= 4 is 39.1 Å². The minimum atomic E-state index is -4.12. The minimum absolute atomic E-state index is 0.00278. The lowest BCUT2D eigenvalue weighted by atomic mass is 10.2. The summed E-state index contributed by atoms with van der Waals surface area (Å²) in [7, 11) is -1.19. The number of rotatable bonds is 9. The molecule has 2 rings (SSSR count). The van der Waals surface area contributed by atoms with Crippen molar-refractivity contribution in [3.8, 4) is 5.75 Å².